The molecular formula is C10H6N4O. The number of ether oxygens (including phenoxy) is 1. The first-order valence-corrected chi connectivity index (χ1v) is 4.22. The van der Waals surface area contributed by atoms with Gasteiger partial charge in [-0.3, -0.25) is 0 Å². The molecule has 0 atom stereocenters. The van der Waals surface area contributed by atoms with E-state index in [1.807, 2.05) is 12.1 Å². The van der Waals surface area contributed by atoms with Crippen molar-refractivity contribution in [1.29, 1.82) is 10.5 Å². The topological polar surface area (TPSA) is 74.1 Å². The molecule has 0 spiro atoms. The van der Waals surface area contributed by atoms with Crippen LogP contribution in [0.25, 0.3) is 5.52 Å². The third-order valence-electron chi connectivity index (χ3n) is 1.91. The van der Waals surface area contributed by atoms with E-state index in [4.69, 9.17) is 15.3 Å². The molecule has 0 amide bonds. The van der Waals surface area contributed by atoms with Crippen molar-refractivity contribution in [3.63, 3.8) is 0 Å². The van der Waals surface area contributed by atoms with Crippen molar-refractivity contribution >= 4 is 5.52 Å². The second kappa shape index (κ2) is 3.69. The SMILES string of the molecule is N#CCOc1ccc2c(C#N)cnn2c1. The lowest BCUT2D eigenvalue weighted by molar-refractivity contribution is 0.365. The Morgan fingerprint density at radius 1 is 1.40 bits per heavy atom. The average Bonchev–Trinajstić information content (AvgIpc) is 2.68. The van der Waals surface area contributed by atoms with E-state index in [1.54, 1.807) is 22.8 Å². The van der Waals surface area contributed by atoms with Crippen molar-refractivity contribution in [2.45, 2.75) is 0 Å². The smallest absolute Gasteiger partial charge is 0.174 e. The highest BCUT2D eigenvalue weighted by molar-refractivity contribution is 5.60. The minimum absolute atomic E-state index is 0.00210. The van der Waals surface area contributed by atoms with Crippen molar-refractivity contribution in [1.82, 2.24) is 9.61 Å². The summed E-state index contributed by atoms with van der Waals surface area (Å²) in [4.78, 5) is 0. The number of rotatable bonds is 2. The van der Waals surface area contributed by atoms with Gasteiger partial charge in [-0.25, -0.2) is 4.52 Å². The Morgan fingerprint density at radius 3 is 3.00 bits per heavy atom. The van der Waals surface area contributed by atoms with Gasteiger partial charge in [0.1, 0.15) is 17.9 Å². The molecule has 2 heterocycles. The molecular weight excluding hydrogens is 192 g/mol. The van der Waals surface area contributed by atoms with Crippen LogP contribution >= 0.6 is 0 Å². The van der Waals surface area contributed by atoms with Crippen LogP contribution in [0.3, 0.4) is 0 Å². The van der Waals surface area contributed by atoms with Gasteiger partial charge in [-0.2, -0.15) is 15.6 Å². The number of pyridine rings is 1. The number of aromatic nitrogens is 2. The van der Waals surface area contributed by atoms with E-state index in [9.17, 15) is 0 Å². The fourth-order valence-corrected chi connectivity index (χ4v) is 1.25. The van der Waals surface area contributed by atoms with Crippen LogP contribution in [0.4, 0.5) is 0 Å². The van der Waals surface area contributed by atoms with Crippen LogP contribution in [-0.4, -0.2) is 16.2 Å². The van der Waals surface area contributed by atoms with E-state index in [0.717, 1.165) is 5.52 Å². The van der Waals surface area contributed by atoms with Gasteiger partial charge in [0.05, 0.1) is 23.5 Å². The van der Waals surface area contributed by atoms with Crippen LogP contribution in [0.1, 0.15) is 5.56 Å². The van der Waals surface area contributed by atoms with E-state index < -0.39 is 0 Å². The van der Waals surface area contributed by atoms with Gasteiger partial charge >= 0.3 is 0 Å². The standard InChI is InChI=1S/C10H6N4O/c11-3-4-15-9-1-2-10-8(5-12)6-13-14(10)7-9/h1-2,6-7H,4H2. The van der Waals surface area contributed by atoms with Crippen LogP contribution in [0.15, 0.2) is 24.5 Å². The minimum atomic E-state index is -0.00210. The van der Waals surface area contributed by atoms with Gasteiger partial charge in [0.25, 0.3) is 0 Å². The van der Waals surface area contributed by atoms with Crippen LogP contribution in [0, 0.1) is 22.7 Å². The summed E-state index contributed by atoms with van der Waals surface area (Å²) in [5.41, 5.74) is 1.24. The quantitative estimate of drug-likeness (QED) is 0.724. The van der Waals surface area contributed by atoms with Gasteiger partial charge in [-0.15, -0.1) is 0 Å². The number of nitrogens with zero attached hydrogens (tertiary/aromatic N) is 4. The predicted molar refractivity (Wildman–Crippen MR) is 51.0 cm³/mol. The molecule has 0 bridgehead atoms. The Bertz CT molecular complexity index is 573. The largest absolute Gasteiger partial charge is 0.477 e. The fourth-order valence-electron chi connectivity index (χ4n) is 1.25. The minimum Gasteiger partial charge on any atom is -0.477 e. The zero-order chi connectivity index (χ0) is 10.7. The second-order valence-corrected chi connectivity index (χ2v) is 2.81. The van der Waals surface area contributed by atoms with Crippen molar-refractivity contribution in [3.05, 3.63) is 30.1 Å². The Kier molecular flexibility index (Phi) is 2.22. The lowest BCUT2D eigenvalue weighted by Crippen LogP contribution is -1.95. The molecule has 0 aliphatic carbocycles. The van der Waals surface area contributed by atoms with Gasteiger partial charge < -0.3 is 4.74 Å². The Morgan fingerprint density at radius 2 is 2.27 bits per heavy atom. The highest BCUT2D eigenvalue weighted by Crippen LogP contribution is 2.15. The summed E-state index contributed by atoms with van der Waals surface area (Å²) < 4.78 is 6.65. The predicted octanol–water partition coefficient (Wildman–Crippen LogP) is 1.11. The summed E-state index contributed by atoms with van der Waals surface area (Å²) in [6.45, 7) is -0.00210. The summed E-state index contributed by atoms with van der Waals surface area (Å²) >= 11 is 0. The summed E-state index contributed by atoms with van der Waals surface area (Å²) in [5.74, 6) is 0.552. The van der Waals surface area contributed by atoms with Crippen LogP contribution in [0.2, 0.25) is 0 Å². The first-order chi connectivity index (χ1) is 7.35. The Labute approximate surface area is 85.7 Å². The van der Waals surface area contributed by atoms with Gasteiger partial charge in [0.15, 0.2) is 6.61 Å². The monoisotopic (exact) mass is 198 g/mol. The molecule has 2 rings (SSSR count). The summed E-state index contributed by atoms with van der Waals surface area (Å²) in [5, 5.41) is 21.1. The molecule has 72 valence electrons. The maximum atomic E-state index is 8.76. The Balaban J connectivity index is 2.42. The summed E-state index contributed by atoms with van der Waals surface area (Å²) in [7, 11) is 0. The normalized spacial score (nSPS) is 9.47. The highest BCUT2D eigenvalue weighted by atomic mass is 16.5. The molecule has 0 aliphatic heterocycles. The van der Waals surface area contributed by atoms with E-state index >= 15 is 0 Å². The molecule has 5 nitrogen and oxygen atoms in total. The van der Waals surface area contributed by atoms with E-state index in [0.29, 0.717) is 11.3 Å². The lowest BCUT2D eigenvalue weighted by atomic mass is 10.3. The number of hydrogen-bond acceptors (Lipinski definition) is 4. The van der Waals surface area contributed by atoms with Gasteiger partial charge in [-0.05, 0) is 12.1 Å². The molecule has 15 heavy (non-hydrogen) atoms. The van der Waals surface area contributed by atoms with Gasteiger partial charge in [0.2, 0.25) is 0 Å². The Hall–Kier alpha value is -2.53. The molecule has 2 aromatic heterocycles. The molecule has 0 aliphatic rings. The van der Waals surface area contributed by atoms with Crippen molar-refractivity contribution in [3.8, 4) is 17.9 Å². The van der Waals surface area contributed by atoms with E-state index in [2.05, 4.69) is 5.10 Å². The highest BCUT2D eigenvalue weighted by Gasteiger charge is 2.03. The molecule has 0 aromatic carbocycles. The lowest BCUT2D eigenvalue weighted by Gasteiger charge is -2.01. The van der Waals surface area contributed by atoms with Crippen LogP contribution in [0.5, 0.6) is 5.75 Å². The number of fused-ring (bicyclic) bond motifs is 1. The van der Waals surface area contributed by atoms with Crippen molar-refractivity contribution < 1.29 is 4.74 Å². The van der Waals surface area contributed by atoms with Crippen LogP contribution in [-0.2, 0) is 0 Å². The molecule has 5 heteroatoms. The fraction of sp³-hybridized carbons (Fsp3) is 0.100. The second-order valence-electron chi connectivity index (χ2n) is 2.81. The molecule has 0 saturated heterocycles. The van der Waals surface area contributed by atoms with Crippen LogP contribution < -0.4 is 4.74 Å². The molecule has 0 N–H and O–H groups in total. The molecule has 0 radical (unpaired) electrons. The van der Waals surface area contributed by atoms with Crippen molar-refractivity contribution in [2.75, 3.05) is 6.61 Å². The maximum Gasteiger partial charge on any atom is 0.174 e. The summed E-state index contributed by atoms with van der Waals surface area (Å²) in [6, 6.07) is 7.35. The first-order valence-electron chi connectivity index (χ1n) is 4.22. The van der Waals surface area contributed by atoms with E-state index in [-0.39, 0.29) is 6.61 Å². The zero-order valence-corrected chi connectivity index (χ0v) is 7.71. The average molecular weight is 198 g/mol. The van der Waals surface area contributed by atoms with Gasteiger partial charge in [-0.1, -0.05) is 0 Å². The molecule has 0 unspecified atom stereocenters. The summed E-state index contributed by atoms with van der Waals surface area (Å²) in [6.07, 6.45) is 3.12. The van der Waals surface area contributed by atoms with Crippen molar-refractivity contribution in [2.24, 2.45) is 0 Å². The van der Waals surface area contributed by atoms with E-state index in [1.165, 1.54) is 6.20 Å². The molecule has 0 saturated carbocycles. The number of nitriles is 2. The maximum absolute atomic E-state index is 8.76. The zero-order valence-electron chi connectivity index (χ0n) is 7.71. The molecule has 2 aromatic rings. The first kappa shape index (κ1) is 9.04. The van der Waals surface area contributed by atoms with Gasteiger partial charge in [0, 0.05) is 0 Å². The third kappa shape index (κ3) is 1.59. The number of hydrogen-bond donors (Lipinski definition) is 0. The molecule has 0 fully saturated rings. The third-order valence-corrected chi connectivity index (χ3v) is 1.91.